The predicted octanol–water partition coefficient (Wildman–Crippen LogP) is 1.48. The number of halogens is 2. The van der Waals surface area contributed by atoms with Gasteiger partial charge < -0.3 is 10.6 Å². The monoisotopic (exact) mass is 250 g/mol. The van der Waals surface area contributed by atoms with Crippen molar-refractivity contribution in [2.75, 3.05) is 18.4 Å². The lowest BCUT2D eigenvalue weighted by atomic mass is 10.1. The third kappa shape index (κ3) is 4.64. The van der Waals surface area contributed by atoms with Crippen LogP contribution in [0.2, 0.25) is 0 Å². The first kappa shape index (κ1) is 14.4. The Labute approximate surface area is 102 Å². The number of hydrogen-bond donors (Lipinski definition) is 2. The van der Waals surface area contributed by atoms with E-state index in [1.165, 1.54) is 12.8 Å². The molecule has 1 aliphatic rings. The molecule has 2 heterocycles. The van der Waals surface area contributed by atoms with Gasteiger partial charge in [-0.3, -0.25) is 4.98 Å². The predicted molar refractivity (Wildman–Crippen MR) is 66.0 cm³/mol. The summed E-state index contributed by atoms with van der Waals surface area (Å²) < 4.78 is 0. The zero-order chi connectivity index (χ0) is 8.93. The van der Waals surface area contributed by atoms with E-state index in [0.717, 1.165) is 18.9 Å². The van der Waals surface area contributed by atoms with Crippen LogP contribution in [0.1, 0.15) is 12.8 Å². The fourth-order valence-electron chi connectivity index (χ4n) is 1.56. The van der Waals surface area contributed by atoms with Gasteiger partial charge in [0.1, 0.15) is 5.82 Å². The Morgan fingerprint density at radius 3 is 2.80 bits per heavy atom. The van der Waals surface area contributed by atoms with E-state index in [0.29, 0.717) is 6.04 Å². The first-order valence-corrected chi connectivity index (χ1v) is 4.68. The van der Waals surface area contributed by atoms with Crippen LogP contribution in [0.4, 0.5) is 5.82 Å². The summed E-state index contributed by atoms with van der Waals surface area (Å²) in [6.45, 7) is 2.16. The van der Waals surface area contributed by atoms with E-state index in [4.69, 9.17) is 0 Å². The molecule has 15 heavy (non-hydrogen) atoms. The summed E-state index contributed by atoms with van der Waals surface area (Å²) in [5.41, 5.74) is 0. The van der Waals surface area contributed by atoms with Crippen LogP contribution in [-0.4, -0.2) is 29.1 Å². The van der Waals surface area contributed by atoms with Gasteiger partial charge in [-0.25, -0.2) is 4.98 Å². The molecule has 0 saturated carbocycles. The van der Waals surface area contributed by atoms with E-state index < -0.39 is 0 Å². The third-order valence-electron chi connectivity index (χ3n) is 2.21. The molecule has 2 N–H and O–H groups in total. The maximum atomic E-state index is 4.17. The third-order valence-corrected chi connectivity index (χ3v) is 2.21. The van der Waals surface area contributed by atoms with Crippen LogP contribution in [0.15, 0.2) is 18.6 Å². The van der Waals surface area contributed by atoms with Crippen molar-refractivity contribution in [2.24, 2.45) is 0 Å². The Morgan fingerprint density at radius 2 is 2.20 bits per heavy atom. The van der Waals surface area contributed by atoms with E-state index in [1.54, 1.807) is 18.6 Å². The van der Waals surface area contributed by atoms with Crippen LogP contribution in [0.3, 0.4) is 0 Å². The molecule has 1 atom stereocenters. The molecule has 0 amide bonds. The van der Waals surface area contributed by atoms with Gasteiger partial charge in [0.25, 0.3) is 0 Å². The van der Waals surface area contributed by atoms with E-state index in [1.807, 2.05) is 0 Å². The number of hydrogen-bond acceptors (Lipinski definition) is 4. The van der Waals surface area contributed by atoms with E-state index in [-0.39, 0.29) is 24.8 Å². The summed E-state index contributed by atoms with van der Waals surface area (Å²) in [6.07, 6.45) is 7.60. The second kappa shape index (κ2) is 7.68. The van der Waals surface area contributed by atoms with Crippen molar-refractivity contribution < 1.29 is 0 Å². The number of anilines is 1. The molecular formula is C9H16Cl2N4. The molecule has 1 aromatic rings. The Kier molecular flexibility index (Phi) is 7.38. The van der Waals surface area contributed by atoms with Crippen molar-refractivity contribution in [1.82, 2.24) is 15.3 Å². The minimum atomic E-state index is 0. The van der Waals surface area contributed by atoms with Crippen LogP contribution >= 0.6 is 24.8 Å². The molecule has 0 aliphatic carbocycles. The Hall–Kier alpha value is -0.580. The zero-order valence-corrected chi connectivity index (χ0v) is 9.98. The molecule has 4 nitrogen and oxygen atoms in total. The first-order chi connectivity index (χ1) is 6.45. The Balaban J connectivity index is 0.000000980. The van der Waals surface area contributed by atoms with E-state index >= 15 is 0 Å². The van der Waals surface area contributed by atoms with Crippen LogP contribution in [-0.2, 0) is 0 Å². The Bertz CT molecular complexity index is 252. The largest absolute Gasteiger partial charge is 0.365 e. The van der Waals surface area contributed by atoms with Gasteiger partial charge in [-0.2, -0.15) is 0 Å². The highest BCUT2D eigenvalue weighted by Crippen LogP contribution is 2.07. The summed E-state index contributed by atoms with van der Waals surface area (Å²) in [6, 6.07) is 0.505. The van der Waals surface area contributed by atoms with Crippen LogP contribution in [0, 0.1) is 0 Å². The fourth-order valence-corrected chi connectivity index (χ4v) is 1.56. The summed E-state index contributed by atoms with van der Waals surface area (Å²) in [5, 5.41) is 6.69. The van der Waals surface area contributed by atoms with Gasteiger partial charge in [0.2, 0.25) is 0 Å². The number of nitrogens with one attached hydrogen (secondary N) is 2. The molecule has 86 valence electrons. The van der Waals surface area contributed by atoms with Gasteiger partial charge in [-0.1, -0.05) is 0 Å². The van der Waals surface area contributed by atoms with Crippen molar-refractivity contribution in [3.63, 3.8) is 0 Å². The molecule has 2 rings (SSSR count). The van der Waals surface area contributed by atoms with E-state index in [2.05, 4.69) is 20.6 Å². The highest BCUT2D eigenvalue weighted by molar-refractivity contribution is 5.85. The van der Waals surface area contributed by atoms with E-state index in [9.17, 15) is 0 Å². The standard InChI is InChI=1S/C9H14N4.2ClH/c1-2-8(6-10-3-1)13-9-7-11-4-5-12-9;;/h4-5,7-8,10H,1-3,6H2,(H,12,13);2*1H/t8-;;/m0../s1. The molecule has 0 unspecified atom stereocenters. The summed E-state index contributed by atoms with van der Waals surface area (Å²) >= 11 is 0. The molecule has 1 saturated heterocycles. The van der Waals surface area contributed by atoms with Crippen molar-refractivity contribution in [2.45, 2.75) is 18.9 Å². The minimum absolute atomic E-state index is 0. The lowest BCUT2D eigenvalue weighted by molar-refractivity contribution is 0.479. The fraction of sp³-hybridized carbons (Fsp3) is 0.556. The zero-order valence-electron chi connectivity index (χ0n) is 8.35. The maximum absolute atomic E-state index is 4.17. The number of rotatable bonds is 2. The molecule has 1 aliphatic heterocycles. The smallest absolute Gasteiger partial charge is 0.144 e. The topological polar surface area (TPSA) is 49.8 Å². The normalized spacial score (nSPS) is 19.6. The molecule has 1 fully saturated rings. The van der Waals surface area contributed by atoms with Crippen LogP contribution < -0.4 is 10.6 Å². The van der Waals surface area contributed by atoms with Crippen molar-refractivity contribution in [3.8, 4) is 0 Å². The SMILES string of the molecule is Cl.Cl.c1cnc(N[C@H]2CCCNC2)cn1. The molecule has 0 bridgehead atoms. The molecule has 0 radical (unpaired) electrons. The van der Waals surface area contributed by atoms with Crippen molar-refractivity contribution in [3.05, 3.63) is 18.6 Å². The van der Waals surface area contributed by atoms with Gasteiger partial charge in [0, 0.05) is 25.0 Å². The first-order valence-electron chi connectivity index (χ1n) is 4.68. The van der Waals surface area contributed by atoms with Gasteiger partial charge in [0.15, 0.2) is 0 Å². The molecule has 0 aromatic carbocycles. The molecule has 1 aromatic heterocycles. The molecule has 0 spiro atoms. The quantitative estimate of drug-likeness (QED) is 0.836. The number of nitrogens with zero attached hydrogens (tertiary/aromatic N) is 2. The summed E-state index contributed by atoms with van der Waals surface area (Å²) in [4.78, 5) is 8.18. The van der Waals surface area contributed by atoms with Gasteiger partial charge in [-0.05, 0) is 19.4 Å². The summed E-state index contributed by atoms with van der Waals surface area (Å²) in [5.74, 6) is 0.871. The minimum Gasteiger partial charge on any atom is -0.365 e. The van der Waals surface area contributed by atoms with Crippen molar-refractivity contribution in [1.29, 1.82) is 0 Å². The Morgan fingerprint density at radius 1 is 1.33 bits per heavy atom. The van der Waals surface area contributed by atoms with Crippen molar-refractivity contribution >= 4 is 30.6 Å². The maximum Gasteiger partial charge on any atom is 0.144 e. The second-order valence-electron chi connectivity index (χ2n) is 3.28. The summed E-state index contributed by atoms with van der Waals surface area (Å²) in [7, 11) is 0. The van der Waals surface area contributed by atoms with Gasteiger partial charge >= 0.3 is 0 Å². The van der Waals surface area contributed by atoms with Gasteiger partial charge in [0.05, 0.1) is 6.20 Å². The average molecular weight is 251 g/mol. The van der Waals surface area contributed by atoms with Crippen LogP contribution in [0.5, 0.6) is 0 Å². The van der Waals surface area contributed by atoms with Gasteiger partial charge in [-0.15, -0.1) is 24.8 Å². The average Bonchev–Trinajstić information content (AvgIpc) is 2.21. The number of aromatic nitrogens is 2. The van der Waals surface area contributed by atoms with Crippen LogP contribution in [0.25, 0.3) is 0 Å². The second-order valence-corrected chi connectivity index (χ2v) is 3.28. The highest BCUT2D eigenvalue weighted by Gasteiger charge is 2.12. The lowest BCUT2D eigenvalue weighted by Gasteiger charge is -2.23. The molecule has 6 heteroatoms. The number of piperidine rings is 1. The lowest BCUT2D eigenvalue weighted by Crippen LogP contribution is -2.38. The highest BCUT2D eigenvalue weighted by atomic mass is 35.5. The molecular weight excluding hydrogens is 235 g/mol.